The van der Waals surface area contributed by atoms with Crippen molar-refractivity contribution in [2.45, 2.75) is 19.1 Å². The minimum absolute atomic E-state index is 0.0320. The van der Waals surface area contributed by atoms with Gasteiger partial charge in [0.05, 0.1) is 35.4 Å². The molecule has 0 amide bonds. The molecule has 3 atom stereocenters. The highest BCUT2D eigenvalue weighted by molar-refractivity contribution is 5.74. The molecule has 9 nitrogen and oxygen atoms in total. The van der Waals surface area contributed by atoms with Gasteiger partial charge >= 0.3 is 0 Å². The molecular formula is C22H23FN8O. The van der Waals surface area contributed by atoms with Gasteiger partial charge in [0.15, 0.2) is 5.82 Å². The number of anilines is 3. The molecule has 4 N–H and O–H groups in total. The Morgan fingerprint density at radius 1 is 1.12 bits per heavy atom. The molecule has 164 valence electrons. The number of aromatic nitrogens is 5. The van der Waals surface area contributed by atoms with Crippen molar-refractivity contribution in [2.75, 3.05) is 23.3 Å². The summed E-state index contributed by atoms with van der Waals surface area (Å²) in [6.07, 6.45) is 6.10. The average Bonchev–Trinajstić information content (AvgIpc) is 3.20. The minimum Gasteiger partial charge on any atom is -0.391 e. The van der Waals surface area contributed by atoms with E-state index in [4.69, 9.17) is 5.73 Å². The zero-order valence-corrected chi connectivity index (χ0v) is 17.4. The number of piperidine rings is 1. The number of nitrogens with one attached hydrogen (secondary N) is 1. The molecule has 1 fully saturated rings. The second-order valence-electron chi connectivity index (χ2n) is 8.03. The van der Waals surface area contributed by atoms with Gasteiger partial charge in [0.2, 0.25) is 5.95 Å². The third-order valence-electron chi connectivity index (χ3n) is 5.73. The second-order valence-corrected chi connectivity index (χ2v) is 8.03. The molecule has 10 heteroatoms. The Hall–Kier alpha value is -3.63. The Morgan fingerprint density at radius 2 is 2.00 bits per heavy atom. The predicted octanol–water partition coefficient (Wildman–Crippen LogP) is 2.21. The highest BCUT2D eigenvalue weighted by Gasteiger charge is 2.31. The Balaban J connectivity index is 1.49. The molecule has 5 heterocycles. The summed E-state index contributed by atoms with van der Waals surface area (Å²) >= 11 is 0. The van der Waals surface area contributed by atoms with E-state index in [2.05, 4.69) is 30.3 Å². The van der Waals surface area contributed by atoms with Crippen LogP contribution in [0.15, 0.2) is 55.1 Å². The van der Waals surface area contributed by atoms with E-state index >= 15 is 0 Å². The number of nitrogens with zero attached hydrogens (tertiary/aromatic N) is 6. The topological polar surface area (TPSA) is 117 Å². The standard InChI is InChI=1S/C22H23FN8O/c1-13-11-30(12-16(24)21(13)32)19-6-8-25-10-18(19)28-22-27-9-14-4-5-17(29-31(14)22)20-15(23)3-2-7-26-20/h2-10,13,16,21,32H,11-12,24H2,1H3,(H,27,28). The first-order valence-corrected chi connectivity index (χ1v) is 10.4. The van der Waals surface area contributed by atoms with Crippen molar-refractivity contribution in [3.8, 4) is 11.4 Å². The average molecular weight is 434 g/mol. The summed E-state index contributed by atoms with van der Waals surface area (Å²) in [4.78, 5) is 14.9. The molecule has 0 bridgehead atoms. The van der Waals surface area contributed by atoms with Crippen LogP contribution in [0.25, 0.3) is 16.9 Å². The number of rotatable bonds is 4. The van der Waals surface area contributed by atoms with Crippen molar-refractivity contribution in [1.82, 2.24) is 24.6 Å². The molecule has 1 aliphatic heterocycles. The van der Waals surface area contributed by atoms with Crippen LogP contribution in [-0.4, -0.2) is 54.9 Å². The maximum absolute atomic E-state index is 14.2. The lowest BCUT2D eigenvalue weighted by molar-refractivity contribution is 0.0785. The Morgan fingerprint density at radius 3 is 2.81 bits per heavy atom. The predicted molar refractivity (Wildman–Crippen MR) is 119 cm³/mol. The SMILES string of the molecule is CC1CN(c2ccncc2Nc2ncc3ccc(-c4ncccc4F)nn23)CC(N)C1O. The number of fused-ring (bicyclic) bond motifs is 1. The fourth-order valence-corrected chi connectivity index (χ4v) is 4.06. The van der Waals surface area contributed by atoms with Crippen molar-refractivity contribution in [3.05, 3.63) is 60.9 Å². The number of aliphatic hydroxyl groups excluding tert-OH is 1. The van der Waals surface area contributed by atoms with Crippen LogP contribution in [0, 0.1) is 11.7 Å². The van der Waals surface area contributed by atoms with Gasteiger partial charge in [0, 0.05) is 37.4 Å². The van der Waals surface area contributed by atoms with Crippen molar-refractivity contribution in [2.24, 2.45) is 11.7 Å². The second kappa shape index (κ2) is 8.13. The monoisotopic (exact) mass is 434 g/mol. The van der Waals surface area contributed by atoms with E-state index in [1.165, 1.54) is 18.3 Å². The van der Waals surface area contributed by atoms with E-state index in [0.717, 1.165) is 16.9 Å². The summed E-state index contributed by atoms with van der Waals surface area (Å²) in [5, 5.41) is 18.0. The first-order valence-electron chi connectivity index (χ1n) is 10.4. The highest BCUT2D eigenvalue weighted by Crippen LogP contribution is 2.31. The molecule has 0 saturated carbocycles. The number of halogens is 1. The van der Waals surface area contributed by atoms with E-state index in [-0.39, 0.29) is 17.7 Å². The first kappa shape index (κ1) is 20.3. The molecule has 0 radical (unpaired) electrons. The summed E-state index contributed by atoms with van der Waals surface area (Å²) in [5.74, 6) is 0.0487. The Bertz CT molecular complexity index is 1250. The number of hydrogen-bond acceptors (Lipinski definition) is 8. The fraction of sp³-hybridized carbons (Fsp3) is 0.273. The van der Waals surface area contributed by atoms with E-state index in [0.29, 0.717) is 24.7 Å². The van der Waals surface area contributed by atoms with E-state index in [1.807, 2.05) is 19.1 Å². The summed E-state index contributed by atoms with van der Waals surface area (Å²) in [6, 6.07) is 7.97. The van der Waals surface area contributed by atoms with Crippen LogP contribution in [0.2, 0.25) is 0 Å². The summed E-state index contributed by atoms with van der Waals surface area (Å²) < 4.78 is 15.8. The van der Waals surface area contributed by atoms with Crippen LogP contribution >= 0.6 is 0 Å². The van der Waals surface area contributed by atoms with Crippen LogP contribution in [0.3, 0.4) is 0 Å². The smallest absolute Gasteiger partial charge is 0.229 e. The van der Waals surface area contributed by atoms with Gasteiger partial charge in [0.1, 0.15) is 11.4 Å². The van der Waals surface area contributed by atoms with E-state index in [1.54, 1.807) is 29.2 Å². The van der Waals surface area contributed by atoms with Crippen LogP contribution in [0.4, 0.5) is 21.7 Å². The van der Waals surface area contributed by atoms with Crippen LogP contribution in [-0.2, 0) is 0 Å². The molecule has 32 heavy (non-hydrogen) atoms. The maximum Gasteiger partial charge on any atom is 0.229 e. The number of imidazole rings is 1. The summed E-state index contributed by atoms with van der Waals surface area (Å²) in [6.45, 7) is 3.17. The molecule has 5 rings (SSSR count). The highest BCUT2D eigenvalue weighted by atomic mass is 19.1. The molecule has 4 aromatic heterocycles. The molecule has 0 spiro atoms. The Kier molecular flexibility index (Phi) is 5.16. The zero-order valence-electron chi connectivity index (χ0n) is 17.4. The number of aliphatic hydroxyl groups is 1. The third kappa shape index (κ3) is 3.63. The van der Waals surface area contributed by atoms with E-state index in [9.17, 15) is 9.50 Å². The van der Waals surface area contributed by atoms with Crippen LogP contribution in [0.1, 0.15) is 6.92 Å². The lowest BCUT2D eigenvalue weighted by atomic mass is 9.92. The molecule has 3 unspecified atom stereocenters. The van der Waals surface area contributed by atoms with Gasteiger partial charge < -0.3 is 21.1 Å². The number of nitrogens with two attached hydrogens (primary N) is 1. The van der Waals surface area contributed by atoms with Gasteiger partial charge in [-0.25, -0.2) is 9.37 Å². The van der Waals surface area contributed by atoms with Crippen LogP contribution in [0.5, 0.6) is 0 Å². The van der Waals surface area contributed by atoms with E-state index < -0.39 is 11.9 Å². The number of hydrogen-bond donors (Lipinski definition) is 3. The summed E-state index contributed by atoms with van der Waals surface area (Å²) in [7, 11) is 0. The number of pyridine rings is 2. The van der Waals surface area contributed by atoms with Gasteiger partial charge in [-0.05, 0) is 30.3 Å². The third-order valence-corrected chi connectivity index (χ3v) is 5.73. The zero-order chi connectivity index (χ0) is 22.2. The first-order chi connectivity index (χ1) is 15.5. The lowest BCUT2D eigenvalue weighted by Gasteiger charge is -2.40. The molecule has 1 aliphatic rings. The molecule has 4 aromatic rings. The normalized spacial score (nSPS) is 21.1. The fourth-order valence-electron chi connectivity index (χ4n) is 4.06. The van der Waals surface area contributed by atoms with Crippen molar-refractivity contribution in [1.29, 1.82) is 0 Å². The molecular weight excluding hydrogens is 411 g/mol. The lowest BCUT2D eigenvalue weighted by Crippen LogP contribution is -2.55. The van der Waals surface area contributed by atoms with Gasteiger partial charge in [-0.2, -0.15) is 9.61 Å². The molecule has 1 saturated heterocycles. The summed E-state index contributed by atoms with van der Waals surface area (Å²) in [5.41, 5.74) is 9.09. The van der Waals surface area contributed by atoms with Gasteiger partial charge in [-0.1, -0.05) is 6.92 Å². The van der Waals surface area contributed by atoms with Gasteiger partial charge in [-0.15, -0.1) is 0 Å². The van der Waals surface area contributed by atoms with Crippen molar-refractivity contribution >= 4 is 22.8 Å². The largest absolute Gasteiger partial charge is 0.391 e. The quantitative estimate of drug-likeness (QED) is 0.448. The van der Waals surface area contributed by atoms with Crippen molar-refractivity contribution < 1.29 is 9.50 Å². The minimum atomic E-state index is -0.532. The maximum atomic E-state index is 14.2. The van der Waals surface area contributed by atoms with Gasteiger partial charge in [-0.3, -0.25) is 9.97 Å². The van der Waals surface area contributed by atoms with Crippen molar-refractivity contribution in [3.63, 3.8) is 0 Å². The molecule has 0 aromatic carbocycles. The molecule has 0 aliphatic carbocycles. The van der Waals surface area contributed by atoms with Crippen LogP contribution < -0.4 is 16.0 Å². The van der Waals surface area contributed by atoms with Gasteiger partial charge in [0.25, 0.3) is 0 Å². The Labute approximate surface area is 183 Å².